The van der Waals surface area contributed by atoms with Crippen LogP contribution in [-0.2, 0) is 9.53 Å². The van der Waals surface area contributed by atoms with Crippen LogP contribution >= 0.6 is 11.8 Å². The van der Waals surface area contributed by atoms with Gasteiger partial charge in [-0.2, -0.15) is 0 Å². The van der Waals surface area contributed by atoms with Crippen molar-refractivity contribution < 1.29 is 23.9 Å². The molecule has 2 amide bonds. The average molecular weight is 491 g/mol. The highest BCUT2D eigenvalue weighted by molar-refractivity contribution is 8.18. The van der Waals surface area contributed by atoms with Crippen molar-refractivity contribution in [2.45, 2.75) is 20.8 Å². The van der Waals surface area contributed by atoms with Gasteiger partial charge in [0.2, 0.25) is 0 Å². The van der Waals surface area contributed by atoms with Crippen LogP contribution in [-0.4, -0.2) is 46.8 Å². The zero-order valence-corrected chi connectivity index (χ0v) is 20.8. The van der Waals surface area contributed by atoms with Crippen LogP contribution in [0.15, 0.2) is 59.5 Å². The number of thioether (sulfide) groups is 1. The highest BCUT2D eigenvalue weighted by Crippen LogP contribution is 2.34. The number of carbonyl (C=O) groups is 3. The van der Waals surface area contributed by atoms with Crippen LogP contribution < -0.4 is 4.74 Å². The van der Waals surface area contributed by atoms with Crippen LogP contribution in [0, 0.1) is 20.8 Å². The number of esters is 1. The molecule has 0 atom stereocenters. The van der Waals surface area contributed by atoms with E-state index < -0.39 is 5.97 Å². The van der Waals surface area contributed by atoms with E-state index in [4.69, 9.17) is 9.47 Å². The molecule has 8 heteroatoms. The number of imide groups is 1. The third kappa shape index (κ3) is 5.02. The molecular formula is C27H26N2O5S. The van der Waals surface area contributed by atoms with Crippen molar-refractivity contribution in [3.63, 3.8) is 0 Å². The molecule has 1 aromatic heterocycles. The molecule has 1 fully saturated rings. The molecule has 0 N–H and O–H groups in total. The molecule has 0 saturated carbocycles. The van der Waals surface area contributed by atoms with Crippen molar-refractivity contribution in [2.24, 2.45) is 0 Å². The molecular weight excluding hydrogens is 464 g/mol. The van der Waals surface area contributed by atoms with Crippen molar-refractivity contribution in [1.29, 1.82) is 0 Å². The lowest BCUT2D eigenvalue weighted by Gasteiger charge is -2.14. The molecule has 2 heterocycles. The van der Waals surface area contributed by atoms with E-state index in [9.17, 15) is 14.4 Å². The van der Waals surface area contributed by atoms with Crippen LogP contribution in [0.5, 0.6) is 5.75 Å². The first-order valence-electron chi connectivity index (χ1n) is 11.1. The molecule has 1 aliphatic rings. The second-order valence-electron chi connectivity index (χ2n) is 8.17. The van der Waals surface area contributed by atoms with Gasteiger partial charge in [-0.05, 0) is 74.5 Å². The molecule has 1 saturated heterocycles. The predicted molar refractivity (Wildman–Crippen MR) is 136 cm³/mol. The summed E-state index contributed by atoms with van der Waals surface area (Å²) in [5.41, 5.74) is 4.78. The Morgan fingerprint density at radius 2 is 1.74 bits per heavy atom. The van der Waals surface area contributed by atoms with E-state index in [1.165, 1.54) is 12.0 Å². The van der Waals surface area contributed by atoms with Gasteiger partial charge < -0.3 is 14.0 Å². The van der Waals surface area contributed by atoms with Crippen molar-refractivity contribution in [2.75, 3.05) is 20.3 Å². The topological polar surface area (TPSA) is 77.8 Å². The van der Waals surface area contributed by atoms with Crippen LogP contribution in [0.4, 0.5) is 4.79 Å². The molecule has 2 aromatic carbocycles. The first-order chi connectivity index (χ1) is 16.8. The molecule has 180 valence electrons. The van der Waals surface area contributed by atoms with Gasteiger partial charge in [-0.1, -0.05) is 29.8 Å². The summed E-state index contributed by atoms with van der Waals surface area (Å²) >= 11 is 0.916. The van der Waals surface area contributed by atoms with Crippen molar-refractivity contribution in [3.8, 4) is 11.4 Å². The normalized spacial score (nSPS) is 14.6. The highest BCUT2D eigenvalue weighted by atomic mass is 32.2. The number of aromatic nitrogens is 1. The smallest absolute Gasteiger partial charge is 0.339 e. The number of methoxy groups -OCH3 is 1. The Morgan fingerprint density at radius 1 is 1.03 bits per heavy atom. The summed E-state index contributed by atoms with van der Waals surface area (Å²) in [6.07, 6.45) is 1.73. The molecule has 3 aromatic rings. The molecule has 7 nitrogen and oxygen atoms in total. The van der Waals surface area contributed by atoms with Crippen LogP contribution in [0.3, 0.4) is 0 Å². The van der Waals surface area contributed by atoms with E-state index in [1.54, 1.807) is 18.2 Å². The SMILES string of the molecule is COC(=O)c1ccccc1-n1c(C)cc(/C=C2\SC(=O)N(CCOc3ccc(C)cc3)C2=O)c1C. The van der Waals surface area contributed by atoms with E-state index >= 15 is 0 Å². The molecule has 1 aliphatic heterocycles. The monoisotopic (exact) mass is 490 g/mol. The van der Waals surface area contributed by atoms with Crippen molar-refractivity contribution in [3.05, 3.63) is 87.6 Å². The Balaban J connectivity index is 1.54. The lowest BCUT2D eigenvalue weighted by atomic mass is 10.1. The van der Waals surface area contributed by atoms with Crippen molar-refractivity contribution in [1.82, 2.24) is 9.47 Å². The third-order valence-electron chi connectivity index (χ3n) is 5.79. The number of hydrogen-bond donors (Lipinski definition) is 0. The first kappa shape index (κ1) is 24.3. The molecule has 35 heavy (non-hydrogen) atoms. The van der Waals surface area contributed by atoms with Crippen molar-refractivity contribution >= 4 is 35.0 Å². The second-order valence-corrected chi connectivity index (χ2v) is 9.16. The van der Waals surface area contributed by atoms with Gasteiger partial charge in [-0.15, -0.1) is 0 Å². The summed E-state index contributed by atoms with van der Waals surface area (Å²) in [5, 5.41) is -0.321. The molecule has 0 unspecified atom stereocenters. The summed E-state index contributed by atoms with van der Waals surface area (Å²) in [5.74, 6) is -0.0753. The number of carbonyl (C=O) groups excluding carboxylic acids is 3. The number of para-hydroxylation sites is 1. The van der Waals surface area contributed by atoms with Gasteiger partial charge in [-0.25, -0.2) is 4.79 Å². The van der Waals surface area contributed by atoms with E-state index in [0.717, 1.165) is 34.3 Å². The lowest BCUT2D eigenvalue weighted by molar-refractivity contribution is -0.123. The molecule has 0 bridgehead atoms. The zero-order chi connectivity index (χ0) is 25.1. The van der Waals surface area contributed by atoms with Gasteiger partial charge >= 0.3 is 5.97 Å². The Kier molecular flexibility index (Phi) is 7.12. The molecule has 0 aliphatic carbocycles. The average Bonchev–Trinajstić information content (AvgIpc) is 3.28. The standard InChI is InChI=1S/C27H26N2O5S/c1-17-9-11-21(12-10-17)34-14-13-28-25(30)24(35-27(28)32)16-20-15-18(2)29(19(20)3)23-8-6-5-7-22(23)26(31)33-4/h5-12,15-16H,13-14H2,1-4H3/b24-16-. The van der Waals surface area contributed by atoms with E-state index in [-0.39, 0.29) is 24.3 Å². The fraction of sp³-hybridized carbons (Fsp3) is 0.222. The maximum Gasteiger partial charge on any atom is 0.339 e. The van der Waals surface area contributed by atoms with E-state index in [1.807, 2.05) is 67.8 Å². The molecule has 4 rings (SSSR count). The van der Waals surface area contributed by atoms with Gasteiger partial charge in [0.05, 0.1) is 29.8 Å². The van der Waals surface area contributed by atoms with Gasteiger partial charge in [0.25, 0.3) is 11.1 Å². The van der Waals surface area contributed by atoms with Gasteiger partial charge in [0.1, 0.15) is 12.4 Å². The Bertz CT molecular complexity index is 1320. The molecule has 0 radical (unpaired) electrons. The lowest BCUT2D eigenvalue weighted by Crippen LogP contribution is -2.32. The minimum atomic E-state index is -0.427. The molecule has 0 spiro atoms. The van der Waals surface area contributed by atoms with Gasteiger partial charge in [0.15, 0.2) is 0 Å². The number of aryl methyl sites for hydroxylation is 2. The Labute approximate surface area is 208 Å². The highest BCUT2D eigenvalue weighted by Gasteiger charge is 2.35. The largest absolute Gasteiger partial charge is 0.492 e. The van der Waals surface area contributed by atoms with Crippen LogP contribution in [0.25, 0.3) is 11.8 Å². The fourth-order valence-corrected chi connectivity index (χ4v) is 4.83. The number of amides is 2. The van der Waals surface area contributed by atoms with Gasteiger partial charge in [-0.3, -0.25) is 14.5 Å². The Hall–Kier alpha value is -3.78. The summed E-state index contributed by atoms with van der Waals surface area (Å²) in [6, 6.07) is 16.7. The first-order valence-corrected chi connectivity index (χ1v) is 11.9. The minimum Gasteiger partial charge on any atom is -0.492 e. The summed E-state index contributed by atoms with van der Waals surface area (Å²) in [7, 11) is 1.35. The summed E-state index contributed by atoms with van der Waals surface area (Å²) < 4.78 is 12.6. The number of rotatable bonds is 7. The maximum atomic E-state index is 13.0. The number of hydrogen-bond acceptors (Lipinski definition) is 6. The summed E-state index contributed by atoms with van der Waals surface area (Å²) in [6.45, 7) is 6.21. The second kappa shape index (κ2) is 10.2. The zero-order valence-electron chi connectivity index (χ0n) is 20.0. The number of nitrogens with zero attached hydrogens (tertiary/aromatic N) is 2. The van der Waals surface area contributed by atoms with Crippen LogP contribution in [0.1, 0.15) is 32.9 Å². The summed E-state index contributed by atoms with van der Waals surface area (Å²) in [4.78, 5) is 39.3. The predicted octanol–water partition coefficient (Wildman–Crippen LogP) is 5.30. The van der Waals surface area contributed by atoms with E-state index in [2.05, 4.69) is 0 Å². The minimum absolute atomic E-state index is 0.168. The number of ether oxygens (including phenoxy) is 2. The maximum absolute atomic E-state index is 13.0. The van der Waals surface area contributed by atoms with E-state index in [0.29, 0.717) is 21.9 Å². The fourth-order valence-electron chi connectivity index (χ4n) is 3.98. The number of benzene rings is 2. The van der Waals surface area contributed by atoms with Gasteiger partial charge in [0, 0.05) is 11.4 Å². The third-order valence-corrected chi connectivity index (χ3v) is 6.69. The quantitative estimate of drug-likeness (QED) is 0.330. The van der Waals surface area contributed by atoms with Crippen LogP contribution in [0.2, 0.25) is 0 Å². The Morgan fingerprint density at radius 3 is 2.46 bits per heavy atom.